The summed E-state index contributed by atoms with van der Waals surface area (Å²) in [6, 6.07) is 0. The van der Waals surface area contributed by atoms with Crippen molar-refractivity contribution in [3.8, 4) is 35.5 Å². The van der Waals surface area contributed by atoms with Crippen LogP contribution in [0.25, 0.3) is 0 Å². The summed E-state index contributed by atoms with van der Waals surface area (Å²) < 4.78 is 27.4. The molecule has 280 valence electrons. The monoisotopic (exact) mass is 700 g/mol. The van der Waals surface area contributed by atoms with Crippen molar-refractivity contribution in [3.05, 3.63) is 24.3 Å². The smallest absolute Gasteiger partial charge is 0.461 e. The Morgan fingerprint density at radius 2 is 1.16 bits per heavy atom. The Morgan fingerprint density at radius 3 is 1.52 bits per heavy atom. The summed E-state index contributed by atoms with van der Waals surface area (Å²) in [5, 5.41) is 10.7. The van der Waals surface area contributed by atoms with Crippen LogP contribution in [0.15, 0.2) is 24.3 Å². The summed E-state index contributed by atoms with van der Waals surface area (Å²) in [5.41, 5.74) is -8.70. The SMILES string of the molecule is C=C(C)C(=O)OC(C)(C#CC#CC#CC)C1(C)C(C)(C)OC(=O)OC1(C)C.C=C(C)C(=O)OC(C)(C)C(C)(C(C)(C)O)C(C)(C)OC=O.CC. The number of hydrogen-bond donors (Lipinski definition) is 1. The predicted molar refractivity (Wildman–Crippen MR) is 194 cm³/mol. The summed E-state index contributed by atoms with van der Waals surface area (Å²) >= 11 is 0. The molecular formula is C40H60O10. The maximum absolute atomic E-state index is 12.4. The van der Waals surface area contributed by atoms with E-state index in [-0.39, 0.29) is 11.1 Å². The average molecular weight is 701 g/mol. The first-order valence-corrected chi connectivity index (χ1v) is 16.4. The van der Waals surface area contributed by atoms with Crippen molar-refractivity contribution in [2.75, 3.05) is 0 Å². The normalized spacial score (nSPS) is 17.8. The molecule has 1 aliphatic heterocycles. The molecule has 0 aromatic heterocycles. The lowest BCUT2D eigenvalue weighted by Gasteiger charge is -2.59. The third kappa shape index (κ3) is 9.95. The lowest BCUT2D eigenvalue weighted by Crippen LogP contribution is -2.72. The molecule has 10 nitrogen and oxygen atoms in total. The predicted octanol–water partition coefficient (Wildman–Crippen LogP) is 7.26. The zero-order chi connectivity index (χ0) is 40.4. The minimum Gasteiger partial charge on any atom is -0.461 e. The number of hydrogen-bond acceptors (Lipinski definition) is 10. The lowest BCUT2D eigenvalue weighted by atomic mass is 9.55. The molecule has 1 rings (SSSR count). The topological polar surface area (TPSA) is 135 Å². The number of aliphatic hydroxyl groups is 1. The van der Waals surface area contributed by atoms with Gasteiger partial charge in [-0.3, -0.25) is 4.79 Å². The van der Waals surface area contributed by atoms with E-state index >= 15 is 0 Å². The van der Waals surface area contributed by atoms with Gasteiger partial charge in [0, 0.05) is 11.1 Å². The van der Waals surface area contributed by atoms with Gasteiger partial charge in [0.2, 0.25) is 0 Å². The van der Waals surface area contributed by atoms with Gasteiger partial charge in [0.05, 0.1) is 16.4 Å². The maximum Gasteiger partial charge on any atom is 0.509 e. The van der Waals surface area contributed by atoms with Crippen molar-refractivity contribution >= 4 is 24.6 Å². The highest BCUT2D eigenvalue weighted by molar-refractivity contribution is 5.88. The fraction of sp³-hybridized carbons (Fsp3) is 0.650. The molecule has 0 bridgehead atoms. The van der Waals surface area contributed by atoms with Crippen LogP contribution in [0.3, 0.4) is 0 Å². The zero-order valence-electron chi connectivity index (χ0n) is 33.6. The van der Waals surface area contributed by atoms with Crippen molar-refractivity contribution in [2.24, 2.45) is 10.8 Å². The molecule has 0 spiro atoms. The summed E-state index contributed by atoms with van der Waals surface area (Å²) in [6.45, 7) is 38.3. The van der Waals surface area contributed by atoms with Crippen molar-refractivity contribution in [2.45, 2.75) is 158 Å². The Kier molecular flexibility index (Phi) is 16.4. The molecular weight excluding hydrogens is 640 g/mol. The maximum atomic E-state index is 12.4. The van der Waals surface area contributed by atoms with Crippen LogP contribution in [0.2, 0.25) is 0 Å². The van der Waals surface area contributed by atoms with Crippen molar-refractivity contribution in [1.82, 2.24) is 0 Å². The van der Waals surface area contributed by atoms with Gasteiger partial charge in [-0.2, -0.15) is 0 Å². The molecule has 0 saturated carbocycles. The zero-order valence-corrected chi connectivity index (χ0v) is 33.6. The van der Waals surface area contributed by atoms with Gasteiger partial charge in [-0.15, -0.1) is 0 Å². The van der Waals surface area contributed by atoms with Crippen LogP contribution in [0.1, 0.15) is 125 Å². The van der Waals surface area contributed by atoms with E-state index in [1.807, 2.05) is 13.8 Å². The Labute approximate surface area is 301 Å². The molecule has 0 amide bonds. The second-order valence-corrected chi connectivity index (χ2v) is 14.8. The first-order valence-electron chi connectivity index (χ1n) is 16.4. The van der Waals surface area contributed by atoms with Crippen LogP contribution in [0.5, 0.6) is 0 Å². The molecule has 0 radical (unpaired) electrons. The standard InChI is InChI=1S/C22H26O5.C16H28O5.C2H6/c1-10-11-12-13-14-15-21(8,25-17(23)16(2)3)22(9)19(4,5)26-18(24)27-20(22,6)7;1-11(2)12(18)21-15(7,8)16(9,13(3,4)19)14(5,6)20-10-17;1-2/h2H2,1,3-9H3;10,19H,1H2,2-9H3;1-2H3. The molecule has 1 N–H and O–H groups in total. The summed E-state index contributed by atoms with van der Waals surface area (Å²) in [7, 11) is 0. The van der Waals surface area contributed by atoms with E-state index in [4.69, 9.17) is 23.7 Å². The Hall–Kier alpha value is -4.20. The number of ether oxygens (including phenoxy) is 5. The van der Waals surface area contributed by atoms with Crippen molar-refractivity contribution < 1.29 is 48.0 Å². The third-order valence-corrected chi connectivity index (χ3v) is 9.97. The molecule has 0 aromatic rings. The molecule has 0 aliphatic carbocycles. The number of esters is 2. The molecule has 1 fully saturated rings. The molecule has 2 atom stereocenters. The first-order chi connectivity index (χ1) is 22.4. The van der Waals surface area contributed by atoms with Crippen LogP contribution in [-0.2, 0) is 38.1 Å². The Bertz CT molecular complexity index is 1470. The van der Waals surface area contributed by atoms with E-state index in [0.717, 1.165) is 0 Å². The second kappa shape index (κ2) is 17.1. The number of cyclic esters (lactones) is 2. The number of carbonyl (C=O) groups is 4. The van der Waals surface area contributed by atoms with Crippen LogP contribution in [0, 0.1) is 46.4 Å². The fourth-order valence-electron chi connectivity index (χ4n) is 6.17. The Balaban J connectivity index is 0. The summed E-state index contributed by atoms with van der Waals surface area (Å²) in [4.78, 5) is 47.0. The number of carbonyl (C=O) groups excluding carboxylic acids is 4. The summed E-state index contributed by atoms with van der Waals surface area (Å²) in [6.07, 6.45) is -0.790. The minimum atomic E-state index is -1.41. The number of rotatable bonds is 10. The average Bonchev–Trinajstić information content (AvgIpc) is 2.94. The van der Waals surface area contributed by atoms with Crippen LogP contribution < -0.4 is 0 Å². The van der Waals surface area contributed by atoms with E-state index in [9.17, 15) is 24.3 Å². The van der Waals surface area contributed by atoms with E-state index in [1.165, 1.54) is 0 Å². The van der Waals surface area contributed by atoms with Gasteiger partial charge in [-0.25, -0.2) is 14.4 Å². The molecule has 10 heteroatoms. The van der Waals surface area contributed by atoms with Crippen LogP contribution in [0.4, 0.5) is 4.79 Å². The molecule has 2 unspecified atom stereocenters. The first kappa shape index (κ1) is 47.9. The van der Waals surface area contributed by atoms with Crippen LogP contribution >= 0.6 is 0 Å². The highest BCUT2D eigenvalue weighted by atomic mass is 16.8. The molecule has 1 saturated heterocycles. The third-order valence-electron chi connectivity index (χ3n) is 9.97. The molecule has 1 heterocycles. The van der Waals surface area contributed by atoms with E-state index in [1.54, 1.807) is 111 Å². The molecule has 50 heavy (non-hydrogen) atoms. The fourth-order valence-corrected chi connectivity index (χ4v) is 6.17. The summed E-state index contributed by atoms with van der Waals surface area (Å²) in [5.74, 6) is 14.9. The van der Waals surface area contributed by atoms with Gasteiger partial charge in [0.25, 0.3) is 6.47 Å². The van der Waals surface area contributed by atoms with E-state index in [0.29, 0.717) is 6.47 Å². The van der Waals surface area contributed by atoms with Gasteiger partial charge in [-0.05, 0) is 140 Å². The van der Waals surface area contributed by atoms with Crippen LogP contribution in [-0.4, -0.2) is 63.3 Å². The Morgan fingerprint density at radius 1 is 0.760 bits per heavy atom. The molecule has 0 aromatic carbocycles. The molecule has 1 aliphatic rings. The van der Waals surface area contributed by atoms with E-state index < -0.39 is 62.5 Å². The van der Waals surface area contributed by atoms with Gasteiger partial charge in [-0.1, -0.05) is 32.9 Å². The van der Waals surface area contributed by atoms with Gasteiger partial charge in [0.1, 0.15) is 22.4 Å². The van der Waals surface area contributed by atoms with Gasteiger partial charge >= 0.3 is 18.1 Å². The quantitative estimate of drug-likeness (QED) is 0.0816. The second-order valence-electron chi connectivity index (χ2n) is 14.8. The largest absolute Gasteiger partial charge is 0.509 e. The van der Waals surface area contributed by atoms with E-state index in [2.05, 4.69) is 48.7 Å². The van der Waals surface area contributed by atoms with Gasteiger partial charge < -0.3 is 28.8 Å². The highest BCUT2D eigenvalue weighted by Crippen LogP contribution is 2.57. The highest BCUT2D eigenvalue weighted by Gasteiger charge is 2.70. The van der Waals surface area contributed by atoms with Crippen molar-refractivity contribution in [1.29, 1.82) is 0 Å². The van der Waals surface area contributed by atoms with Crippen molar-refractivity contribution in [3.63, 3.8) is 0 Å². The lowest BCUT2D eigenvalue weighted by molar-refractivity contribution is -0.275. The minimum absolute atomic E-state index is 0.221. The van der Waals surface area contributed by atoms with Gasteiger partial charge in [0.15, 0.2) is 5.60 Å².